The minimum Gasteiger partial charge on any atom is -0.384 e. The number of para-hydroxylation sites is 1. The van der Waals surface area contributed by atoms with E-state index >= 15 is 0 Å². The lowest BCUT2D eigenvalue weighted by Gasteiger charge is -2.42. The molecule has 2 amide bonds. The second-order valence-electron chi connectivity index (χ2n) is 10.5. The first-order valence-corrected chi connectivity index (χ1v) is 14.6. The van der Waals surface area contributed by atoms with Gasteiger partial charge in [0.1, 0.15) is 5.82 Å². The van der Waals surface area contributed by atoms with Gasteiger partial charge in [-0.3, -0.25) is 19.3 Å². The summed E-state index contributed by atoms with van der Waals surface area (Å²) in [5.41, 5.74) is 14.7. The third kappa shape index (κ3) is 5.59. The van der Waals surface area contributed by atoms with Gasteiger partial charge >= 0.3 is 0 Å². The quantitative estimate of drug-likeness (QED) is 0.342. The summed E-state index contributed by atoms with van der Waals surface area (Å²) in [5.74, 6) is -1.36. The first-order valence-electron chi connectivity index (χ1n) is 12.8. The molecule has 5 rings (SSSR count). The lowest BCUT2D eigenvalue weighted by molar-refractivity contribution is -0.118. The molecule has 12 heteroatoms. The second-order valence-corrected chi connectivity index (χ2v) is 12.7. The Bertz CT molecular complexity index is 1650. The van der Waals surface area contributed by atoms with Crippen molar-refractivity contribution in [1.29, 1.82) is 5.26 Å². The molecule has 0 saturated heterocycles. The highest BCUT2D eigenvalue weighted by Crippen LogP contribution is 2.50. The molecular weight excluding hydrogens is 558 g/mol. The van der Waals surface area contributed by atoms with Crippen LogP contribution in [0.1, 0.15) is 48.5 Å². The number of thioether (sulfide) groups is 1. The number of nitrogens with one attached hydrogen (secondary N) is 1. The van der Waals surface area contributed by atoms with E-state index in [0.29, 0.717) is 39.3 Å². The van der Waals surface area contributed by atoms with Crippen LogP contribution in [0.5, 0.6) is 0 Å². The first-order chi connectivity index (χ1) is 19.6. The number of primary amides is 1. The Labute approximate surface area is 245 Å². The number of benzene rings is 2. The lowest BCUT2D eigenvalue weighted by atomic mass is 9.69. The van der Waals surface area contributed by atoms with Crippen molar-refractivity contribution >= 4 is 51.5 Å². The predicted octanol–water partition coefficient (Wildman–Crippen LogP) is 4.31. The summed E-state index contributed by atoms with van der Waals surface area (Å²) in [6.07, 6.45) is 0.910. The molecule has 10 nitrogen and oxygen atoms in total. The smallest absolute Gasteiger partial charge is 0.250 e. The Morgan fingerprint density at radius 2 is 1.85 bits per heavy atom. The summed E-state index contributed by atoms with van der Waals surface area (Å²) in [4.78, 5) is 39.6. The molecule has 1 aliphatic heterocycles. The van der Waals surface area contributed by atoms with E-state index in [1.54, 1.807) is 23.1 Å². The maximum atomic E-state index is 13.6. The fourth-order valence-electron chi connectivity index (χ4n) is 5.18. The number of Topliss-reactive ketones (excluding diaryl/α,β-unsaturated/α-hetero) is 1. The molecule has 0 fully saturated rings. The number of anilines is 2. The van der Waals surface area contributed by atoms with E-state index in [0.717, 1.165) is 5.56 Å². The van der Waals surface area contributed by atoms with Gasteiger partial charge in [0.25, 0.3) is 5.91 Å². The van der Waals surface area contributed by atoms with Gasteiger partial charge in [0.15, 0.2) is 10.1 Å². The van der Waals surface area contributed by atoms with Crippen molar-refractivity contribution in [2.24, 2.45) is 16.9 Å². The molecule has 2 aliphatic rings. The van der Waals surface area contributed by atoms with Crippen LogP contribution < -0.4 is 21.7 Å². The number of rotatable bonds is 7. The van der Waals surface area contributed by atoms with Crippen LogP contribution in [-0.2, 0) is 9.59 Å². The van der Waals surface area contributed by atoms with Gasteiger partial charge in [0, 0.05) is 17.7 Å². The molecule has 1 atom stereocenters. The number of ketones is 1. The van der Waals surface area contributed by atoms with Gasteiger partial charge in [0.05, 0.1) is 34.6 Å². The van der Waals surface area contributed by atoms with Crippen molar-refractivity contribution in [3.8, 4) is 6.07 Å². The minimum atomic E-state index is -0.640. The van der Waals surface area contributed by atoms with Gasteiger partial charge < -0.3 is 16.8 Å². The zero-order valence-corrected chi connectivity index (χ0v) is 24.0. The number of allylic oxidation sites excluding steroid dienone is 3. The molecule has 208 valence electrons. The van der Waals surface area contributed by atoms with Gasteiger partial charge in [-0.25, -0.2) is 0 Å². The Balaban J connectivity index is 1.44. The van der Waals surface area contributed by atoms with Gasteiger partial charge in [0.2, 0.25) is 11.0 Å². The number of aromatic nitrogens is 2. The maximum absolute atomic E-state index is 13.6. The van der Waals surface area contributed by atoms with Crippen LogP contribution in [-0.4, -0.2) is 33.5 Å². The molecule has 3 aromatic rings. The third-order valence-electron chi connectivity index (χ3n) is 6.89. The monoisotopic (exact) mass is 585 g/mol. The average Bonchev–Trinajstić information content (AvgIpc) is 3.39. The van der Waals surface area contributed by atoms with Crippen LogP contribution in [0, 0.1) is 16.7 Å². The van der Waals surface area contributed by atoms with Gasteiger partial charge in [-0.15, -0.1) is 10.2 Å². The maximum Gasteiger partial charge on any atom is 0.250 e. The van der Waals surface area contributed by atoms with Crippen LogP contribution >= 0.6 is 23.1 Å². The van der Waals surface area contributed by atoms with Crippen LogP contribution in [0.25, 0.3) is 0 Å². The van der Waals surface area contributed by atoms with Crippen LogP contribution in [0.4, 0.5) is 10.8 Å². The molecule has 2 aromatic carbocycles. The fourth-order valence-corrected chi connectivity index (χ4v) is 6.86. The van der Waals surface area contributed by atoms with E-state index in [2.05, 4.69) is 21.6 Å². The highest BCUT2D eigenvalue weighted by molar-refractivity contribution is 8.01. The van der Waals surface area contributed by atoms with Crippen molar-refractivity contribution in [3.63, 3.8) is 0 Å². The first kappa shape index (κ1) is 28.1. The molecule has 41 heavy (non-hydrogen) atoms. The lowest BCUT2D eigenvalue weighted by Crippen LogP contribution is -2.42. The summed E-state index contributed by atoms with van der Waals surface area (Å²) < 4.78 is 0.498. The zero-order valence-electron chi connectivity index (χ0n) is 22.4. The Kier molecular flexibility index (Phi) is 7.66. The highest BCUT2D eigenvalue weighted by atomic mass is 32.2. The highest BCUT2D eigenvalue weighted by Gasteiger charge is 2.45. The summed E-state index contributed by atoms with van der Waals surface area (Å²) in [7, 11) is 0. The number of nitriles is 1. The summed E-state index contributed by atoms with van der Waals surface area (Å²) in [5, 5.41) is 21.9. The van der Waals surface area contributed by atoms with Crippen molar-refractivity contribution in [1.82, 2.24) is 10.2 Å². The number of nitrogens with two attached hydrogens (primary N) is 2. The van der Waals surface area contributed by atoms with E-state index in [1.807, 2.05) is 44.2 Å². The molecule has 1 unspecified atom stereocenters. The standard InChI is InChI=1S/C29H27N7O3S2/c1-29(2)12-20-24(21(37)13-29)23(16-8-4-3-5-9-16)18(14-30)25(31)36(20)27-34-35-28(41-27)40-15-22(38)33-19-11-7-6-10-17(19)26(32)39/h3-11,23H,12-13,15,31H2,1-2H3,(H2,32,39)(H,33,38). The van der Waals surface area contributed by atoms with Crippen molar-refractivity contribution in [2.45, 2.75) is 36.9 Å². The molecule has 0 spiro atoms. The summed E-state index contributed by atoms with van der Waals surface area (Å²) in [6.45, 7) is 4.06. The Morgan fingerprint density at radius 1 is 1.15 bits per heavy atom. The summed E-state index contributed by atoms with van der Waals surface area (Å²) in [6, 6.07) is 18.2. The molecule has 5 N–H and O–H groups in total. The molecular formula is C29H27N7O3S2. The molecule has 1 aliphatic carbocycles. The molecule has 2 heterocycles. The van der Waals surface area contributed by atoms with E-state index in [-0.39, 0.29) is 39.8 Å². The van der Waals surface area contributed by atoms with Crippen molar-refractivity contribution < 1.29 is 14.4 Å². The van der Waals surface area contributed by atoms with Crippen molar-refractivity contribution in [3.05, 3.63) is 88.4 Å². The Hall–Kier alpha value is -4.47. The largest absolute Gasteiger partial charge is 0.384 e. The van der Waals surface area contributed by atoms with Crippen LogP contribution in [0.15, 0.2) is 81.6 Å². The topological polar surface area (TPSA) is 168 Å². The van der Waals surface area contributed by atoms with E-state index < -0.39 is 11.8 Å². The molecule has 0 bridgehead atoms. The van der Waals surface area contributed by atoms with Gasteiger partial charge in [-0.05, 0) is 29.5 Å². The predicted molar refractivity (Wildman–Crippen MR) is 158 cm³/mol. The van der Waals surface area contributed by atoms with Crippen molar-refractivity contribution in [2.75, 3.05) is 16.0 Å². The van der Waals surface area contributed by atoms with Crippen LogP contribution in [0.3, 0.4) is 0 Å². The number of hydrogen-bond donors (Lipinski definition) is 3. The minimum absolute atomic E-state index is 0.00599. The normalized spacial score (nSPS) is 18.1. The third-order valence-corrected chi connectivity index (χ3v) is 8.94. The SMILES string of the molecule is CC1(C)CC(=O)C2=C(C1)N(c1nnc(SCC(=O)Nc3ccccc3C(N)=O)s1)C(N)=C(C#N)C2c1ccccc1. The van der Waals surface area contributed by atoms with E-state index in [1.165, 1.54) is 29.2 Å². The van der Waals surface area contributed by atoms with E-state index in [4.69, 9.17) is 11.5 Å². The molecule has 0 radical (unpaired) electrons. The number of amides is 2. The van der Waals surface area contributed by atoms with Gasteiger partial charge in [-0.1, -0.05) is 79.4 Å². The number of carbonyl (C=O) groups is 3. The summed E-state index contributed by atoms with van der Waals surface area (Å²) >= 11 is 2.38. The molecule has 1 aromatic heterocycles. The van der Waals surface area contributed by atoms with E-state index in [9.17, 15) is 19.6 Å². The number of hydrogen-bond acceptors (Lipinski definition) is 10. The molecule has 0 saturated carbocycles. The number of carbonyl (C=O) groups excluding carboxylic acids is 3. The average molecular weight is 586 g/mol. The second kappa shape index (κ2) is 11.2. The fraction of sp³-hybridized carbons (Fsp3) is 0.241. The number of nitrogens with zero attached hydrogens (tertiary/aromatic N) is 4. The van der Waals surface area contributed by atoms with Crippen LogP contribution in [0.2, 0.25) is 0 Å². The Morgan fingerprint density at radius 3 is 2.56 bits per heavy atom. The van der Waals surface area contributed by atoms with Gasteiger partial charge in [-0.2, -0.15) is 5.26 Å². The zero-order chi connectivity index (χ0) is 29.3.